The van der Waals surface area contributed by atoms with E-state index in [2.05, 4.69) is 26.7 Å². The van der Waals surface area contributed by atoms with E-state index < -0.39 is 12.0 Å². The molecule has 1 fully saturated rings. The second-order valence-electron chi connectivity index (χ2n) is 8.41. The number of hydrogen-bond donors (Lipinski definition) is 2. The van der Waals surface area contributed by atoms with Crippen molar-refractivity contribution in [2.45, 2.75) is 56.6 Å². The van der Waals surface area contributed by atoms with Crippen LogP contribution in [-0.4, -0.2) is 61.2 Å². The van der Waals surface area contributed by atoms with Crippen LogP contribution >= 0.6 is 0 Å². The van der Waals surface area contributed by atoms with E-state index in [1.54, 1.807) is 0 Å². The number of carbonyl (C=O) groups excluding carboxylic acids is 1. The van der Waals surface area contributed by atoms with Crippen molar-refractivity contribution in [1.29, 1.82) is 0 Å². The minimum atomic E-state index is -3.20. The van der Waals surface area contributed by atoms with E-state index >= 15 is 0 Å². The fourth-order valence-electron chi connectivity index (χ4n) is 4.21. The molecule has 4 rings (SSSR count). The molecule has 1 amide bonds. The summed E-state index contributed by atoms with van der Waals surface area (Å²) in [5.41, 5.74) is 2.78. The summed E-state index contributed by atoms with van der Waals surface area (Å²) in [6.45, 7) is 0.678. The summed E-state index contributed by atoms with van der Waals surface area (Å²) >= 11 is 0. The quantitative estimate of drug-likeness (QED) is 0.563. The molecule has 0 saturated carbocycles. The number of nitrogens with one attached hydrogen (secondary N) is 1. The number of halogens is 2. The number of nitrogens with zero attached hydrogens (tertiary/aromatic N) is 4. The first kappa shape index (κ1) is 23.0. The molecule has 2 aliphatic rings. The Bertz CT molecular complexity index is 1050. The predicted octanol–water partition coefficient (Wildman–Crippen LogP) is 3.62. The highest BCUT2D eigenvalue weighted by Gasteiger charge is 2.36. The number of amides is 1. The second kappa shape index (κ2) is 10.2. The van der Waals surface area contributed by atoms with Gasteiger partial charge in [0.25, 0.3) is 5.92 Å². The minimum Gasteiger partial charge on any atom is -0.382 e. The van der Waals surface area contributed by atoms with Crippen molar-refractivity contribution in [1.82, 2.24) is 25.5 Å². The van der Waals surface area contributed by atoms with Gasteiger partial charge >= 0.3 is 0 Å². The smallest absolute Gasteiger partial charge is 0.295 e. The van der Waals surface area contributed by atoms with Gasteiger partial charge in [0.1, 0.15) is 6.10 Å². The molecular formula is C24H27F2N5O2. The first-order valence-corrected chi connectivity index (χ1v) is 11.2. The Morgan fingerprint density at radius 2 is 2.18 bits per heavy atom. The van der Waals surface area contributed by atoms with Gasteiger partial charge in [0.05, 0.1) is 6.04 Å². The number of aliphatic hydroxyl groups is 1. The van der Waals surface area contributed by atoms with Crippen molar-refractivity contribution < 1.29 is 18.7 Å². The van der Waals surface area contributed by atoms with Gasteiger partial charge in [0.15, 0.2) is 5.82 Å². The Balaban J connectivity index is 1.25. The Morgan fingerprint density at radius 1 is 1.30 bits per heavy atom. The van der Waals surface area contributed by atoms with E-state index in [4.69, 9.17) is 0 Å². The zero-order valence-corrected chi connectivity index (χ0v) is 18.2. The number of likely N-dealkylation sites (tertiary alicyclic amines) is 1. The third-order valence-electron chi connectivity index (χ3n) is 6.03. The van der Waals surface area contributed by atoms with Crippen LogP contribution < -0.4 is 0 Å². The molecule has 1 saturated heterocycles. The number of alkyl halides is 2. The fourth-order valence-corrected chi connectivity index (χ4v) is 4.21. The van der Waals surface area contributed by atoms with Crippen molar-refractivity contribution in [3.63, 3.8) is 0 Å². The minimum absolute atomic E-state index is 0.0647. The summed E-state index contributed by atoms with van der Waals surface area (Å²) in [6.07, 6.45) is 9.86. The van der Waals surface area contributed by atoms with Gasteiger partial charge in [-0.25, -0.2) is 5.10 Å². The number of aromatic nitrogens is 4. The molecule has 33 heavy (non-hydrogen) atoms. The van der Waals surface area contributed by atoms with Gasteiger partial charge in [-0.3, -0.25) is 4.79 Å². The molecule has 9 heteroatoms. The van der Waals surface area contributed by atoms with E-state index in [0.29, 0.717) is 37.2 Å². The van der Waals surface area contributed by atoms with Crippen LogP contribution in [0.3, 0.4) is 0 Å². The van der Waals surface area contributed by atoms with E-state index in [1.165, 1.54) is 12.2 Å². The molecule has 2 heterocycles. The van der Waals surface area contributed by atoms with Crippen molar-refractivity contribution in [2.24, 2.45) is 0 Å². The number of benzene rings is 1. The third-order valence-corrected chi connectivity index (χ3v) is 6.03. The van der Waals surface area contributed by atoms with Crippen LogP contribution in [-0.2, 0) is 11.2 Å². The Labute approximate surface area is 190 Å². The van der Waals surface area contributed by atoms with Crippen LogP contribution in [0.5, 0.6) is 0 Å². The maximum Gasteiger partial charge on any atom is 0.295 e. The predicted molar refractivity (Wildman–Crippen MR) is 119 cm³/mol. The highest BCUT2D eigenvalue weighted by atomic mass is 19.3. The molecule has 7 nitrogen and oxygen atoms in total. The molecule has 2 aromatic rings. The number of aliphatic hydroxyl groups excluding tert-OH is 1. The molecule has 2 N–H and O–H groups in total. The molecule has 0 spiro atoms. The number of hydrogen-bond acceptors (Lipinski definition) is 5. The highest BCUT2D eigenvalue weighted by Crippen LogP contribution is 2.28. The molecule has 174 valence electrons. The maximum absolute atomic E-state index is 13.3. The normalized spacial score (nSPS) is 22.3. The molecule has 1 aromatic heterocycles. The van der Waals surface area contributed by atoms with E-state index in [-0.39, 0.29) is 11.9 Å². The van der Waals surface area contributed by atoms with Crippen molar-refractivity contribution in [2.75, 3.05) is 6.54 Å². The van der Waals surface area contributed by atoms with Gasteiger partial charge in [-0.05, 0) is 71.9 Å². The van der Waals surface area contributed by atoms with Gasteiger partial charge < -0.3 is 10.0 Å². The number of aryl methyl sites for hydroxylation is 1. The lowest BCUT2D eigenvalue weighted by Gasteiger charge is -2.22. The van der Waals surface area contributed by atoms with Gasteiger partial charge in [0.2, 0.25) is 5.91 Å². The third kappa shape index (κ3) is 5.78. The Hall–Kier alpha value is -3.20. The average Bonchev–Trinajstić information content (AvgIpc) is 3.45. The van der Waals surface area contributed by atoms with Crippen LogP contribution in [0.4, 0.5) is 8.78 Å². The number of H-pyrrole nitrogens is 1. The van der Waals surface area contributed by atoms with Gasteiger partial charge in [-0.2, -0.15) is 8.78 Å². The summed E-state index contributed by atoms with van der Waals surface area (Å²) in [6, 6.07) is 8.08. The van der Waals surface area contributed by atoms with Gasteiger partial charge in [-0.15, -0.1) is 5.10 Å². The monoisotopic (exact) mass is 455 g/mol. The lowest BCUT2D eigenvalue weighted by Crippen LogP contribution is -2.32. The number of carbonyl (C=O) groups is 1. The van der Waals surface area contributed by atoms with Crippen molar-refractivity contribution >= 4 is 5.91 Å². The van der Waals surface area contributed by atoms with Gasteiger partial charge in [-0.1, -0.05) is 36.4 Å². The summed E-state index contributed by atoms with van der Waals surface area (Å²) in [7, 11) is 0. The number of tetrazole rings is 1. The molecule has 0 bridgehead atoms. The fraction of sp³-hybridized carbons (Fsp3) is 0.417. The molecule has 0 radical (unpaired) electrons. The van der Waals surface area contributed by atoms with Crippen LogP contribution in [0.25, 0.3) is 11.4 Å². The number of rotatable bonds is 9. The summed E-state index contributed by atoms with van der Waals surface area (Å²) in [5.74, 6) is -2.41. The molecular weight excluding hydrogens is 428 g/mol. The second-order valence-corrected chi connectivity index (χ2v) is 8.41. The zero-order valence-electron chi connectivity index (χ0n) is 18.2. The standard InChI is InChI=1S/C24H27F2N5O2/c25-24(26)13-12-18(16-21(24)32)5-1-2-9-20-10-11-22(33)31(20)14-4-7-17-6-3-8-19(15-17)23-27-29-30-28-23/h2-3,6,8-9,12-13,15-16,20-21,32H,1,4-5,7,10-11,14H2,(H,27,28,29,30)/t20-,21?/m0/s1. The van der Waals surface area contributed by atoms with E-state index in [9.17, 15) is 18.7 Å². The molecule has 1 aliphatic heterocycles. The average molecular weight is 456 g/mol. The Kier molecular flexibility index (Phi) is 7.08. The lowest BCUT2D eigenvalue weighted by atomic mass is 9.98. The Morgan fingerprint density at radius 3 is 2.97 bits per heavy atom. The zero-order chi connectivity index (χ0) is 23.3. The largest absolute Gasteiger partial charge is 0.382 e. The maximum atomic E-state index is 13.3. The molecule has 1 aliphatic carbocycles. The number of allylic oxidation sites excluding steroid dienone is 3. The highest BCUT2D eigenvalue weighted by molar-refractivity contribution is 5.79. The van der Waals surface area contributed by atoms with Gasteiger partial charge in [0, 0.05) is 18.5 Å². The summed E-state index contributed by atoms with van der Waals surface area (Å²) in [4.78, 5) is 14.3. The summed E-state index contributed by atoms with van der Waals surface area (Å²) < 4.78 is 26.6. The van der Waals surface area contributed by atoms with E-state index in [1.807, 2.05) is 35.3 Å². The van der Waals surface area contributed by atoms with Crippen molar-refractivity contribution in [3.8, 4) is 11.4 Å². The molecule has 1 aromatic carbocycles. The first-order valence-electron chi connectivity index (χ1n) is 11.2. The van der Waals surface area contributed by atoms with Crippen LogP contribution in [0.1, 0.15) is 37.7 Å². The number of aromatic amines is 1. The van der Waals surface area contributed by atoms with Crippen molar-refractivity contribution in [3.05, 3.63) is 65.8 Å². The van der Waals surface area contributed by atoms with E-state index in [0.717, 1.165) is 36.5 Å². The topological polar surface area (TPSA) is 95.0 Å². The summed E-state index contributed by atoms with van der Waals surface area (Å²) in [5, 5.41) is 23.4. The first-order chi connectivity index (χ1) is 15.9. The lowest BCUT2D eigenvalue weighted by molar-refractivity contribution is -0.128. The van der Waals surface area contributed by atoms with Crippen LogP contribution in [0.2, 0.25) is 0 Å². The SMILES string of the molecule is O=C1CC[C@H](C=CCCC2=CC(O)C(F)(F)C=C2)N1CCCc1cccc(-c2nnn[nH]2)c1. The molecule has 1 unspecified atom stereocenters. The van der Waals surface area contributed by atoms with Crippen LogP contribution in [0.15, 0.2) is 60.2 Å². The molecule has 2 atom stereocenters. The van der Waals surface area contributed by atoms with Crippen LogP contribution in [0, 0.1) is 0 Å².